The maximum atomic E-state index is 10.7. The van der Waals surface area contributed by atoms with E-state index in [1.165, 1.54) is 0 Å². The van der Waals surface area contributed by atoms with Crippen molar-refractivity contribution in [3.05, 3.63) is 16.4 Å². The lowest BCUT2D eigenvalue weighted by atomic mass is 9.92. The van der Waals surface area contributed by atoms with Gasteiger partial charge >= 0.3 is 0 Å². The molecule has 0 bridgehead atoms. The van der Waals surface area contributed by atoms with Crippen molar-refractivity contribution in [3.8, 4) is 0 Å². The molecule has 0 fully saturated rings. The van der Waals surface area contributed by atoms with Gasteiger partial charge in [0.2, 0.25) is 0 Å². The summed E-state index contributed by atoms with van der Waals surface area (Å²) in [6, 6.07) is 0. The first kappa shape index (κ1) is 15.7. The van der Waals surface area contributed by atoms with Crippen LogP contribution in [-0.4, -0.2) is 38.4 Å². The molecule has 1 N–H and O–H groups in total. The van der Waals surface area contributed by atoms with Crippen LogP contribution in [-0.2, 0) is 6.54 Å². The molecule has 4 nitrogen and oxygen atoms in total. The van der Waals surface area contributed by atoms with Crippen molar-refractivity contribution in [1.29, 1.82) is 0 Å². The Hall–Kier alpha value is -0.390. The molecule has 1 aromatic heterocycles. The SMILES string of the molecule is CCN(CC)C(C)(C)C(O)c1c(Br)cnn1CC. The maximum absolute atomic E-state index is 10.7. The standard InChI is InChI=1S/C13H24BrN3O/c1-6-16(7-2)13(4,5)12(18)11-10(14)9-15-17(11)8-3/h9,12,18H,6-8H2,1-5H3. The Balaban J connectivity index is 3.11. The van der Waals surface area contributed by atoms with Crippen molar-refractivity contribution in [1.82, 2.24) is 14.7 Å². The molecule has 0 aromatic carbocycles. The van der Waals surface area contributed by atoms with Crippen LogP contribution in [0.15, 0.2) is 10.7 Å². The molecule has 0 aliphatic heterocycles. The van der Waals surface area contributed by atoms with Crippen LogP contribution in [0, 0.1) is 0 Å². The van der Waals surface area contributed by atoms with Gasteiger partial charge in [0, 0.05) is 12.1 Å². The number of likely N-dealkylation sites (N-methyl/N-ethyl adjacent to an activating group) is 1. The summed E-state index contributed by atoms with van der Waals surface area (Å²) in [5.74, 6) is 0. The summed E-state index contributed by atoms with van der Waals surface area (Å²) in [5.41, 5.74) is 0.535. The summed E-state index contributed by atoms with van der Waals surface area (Å²) in [7, 11) is 0. The molecule has 1 unspecified atom stereocenters. The molecule has 1 rings (SSSR count). The summed E-state index contributed by atoms with van der Waals surface area (Å²) < 4.78 is 2.72. The van der Waals surface area contributed by atoms with Gasteiger partial charge in [0.25, 0.3) is 0 Å². The Labute approximate surface area is 118 Å². The van der Waals surface area contributed by atoms with Crippen molar-refractivity contribution in [2.45, 2.75) is 52.8 Å². The van der Waals surface area contributed by atoms with Gasteiger partial charge in [-0.2, -0.15) is 5.10 Å². The van der Waals surface area contributed by atoms with Crippen LogP contribution in [0.3, 0.4) is 0 Å². The van der Waals surface area contributed by atoms with E-state index in [-0.39, 0.29) is 5.54 Å². The molecule has 1 heterocycles. The molecule has 104 valence electrons. The highest BCUT2D eigenvalue weighted by Crippen LogP contribution is 2.34. The minimum atomic E-state index is -0.575. The van der Waals surface area contributed by atoms with Gasteiger partial charge in [0.05, 0.1) is 16.4 Å². The molecular weight excluding hydrogens is 294 g/mol. The fraction of sp³-hybridized carbons (Fsp3) is 0.769. The first-order valence-electron chi connectivity index (χ1n) is 6.54. The average molecular weight is 318 g/mol. The summed E-state index contributed by atoms with van der Waals surface area (Å²) in [5, 5.41) is 15.0. The second kappa shape index (κ2) is 6.17. The molecule has 0 saturated carbocycles. The molecule has 18 heavy (non-hydrogen) atoms. The predicted octanol–water partition coefficient (Wildman–Crippen LogP) is 2.82. The van der Waals surface area contributed by atoms with E-state index >= 15 is 0 Å². The molecule has 0 radical (unpaired) electrons. The zero-order chi connectivity index (χ0) is 13.9. The Kier molecular flexibility index (Phi) is 5.37. The Morgan fingerprint density at radius 2 is 1.94 bits per heavy atom. The predicted molar refractivity (Wildman–Crippen MR) is 77.6 cm³/mol. The van der Waals surface area contributed by atoms with Crippen molar-refractivity contribution in [2.75, 3.05) is 13.1 Å². The van der Waals surface area contributed by atoms with Crippen molar-refractivity contribution < 1.29 is 5.11 Å². The van der Waals surface area contributed by atoms with Gasteiger partial charge in [-0.25, -0.2) is 0 Å². The van der Waals surface area contributed by atoms with Gasteiger partial charge in [0.1, 0.15) is 6.10 Å². The second-order valence-electron chi connectivity index (χ2n) is 4.92. The highest BCUT2D eigenvalue weighted by molar-refractivity contribution is 9.10. The molecule has 0 amide bonds. The minimum absolute atomic E-state index is 0.320. The third-order valence-corrected chi connectivity index (χ3v) is 4.25. The minimum Gasteiger partial charge on any atom is -0.385 e. The van der Waals surface area contributed by atoms with Gasteiger partial charge < -0.3 is 5.11 Å². The van der Waals surface area contributed by atoms with Crippen LogP contribution in [0.1, 0.15) is 46.4 Å². The number of aliphatic hydroxyl groups is 1. The van der Waals surface area contributed by atoms with Crippen LogP contribution in [0.5, 0.6) is 0 Å². The number of aliphatic hydroxyl groups excluding tert-OH is 1. The lowest BCUT2D eigenvalue weighted by Gasteiger charge is -2.41. The van der Waals surface area contributed by atoms with Crippen molar-refractivity contribution in [3.63, 3.8) is 0 Å². The third-order valence-electron chi connectivity index (χ3n) is 3.64. The largest absolute Gasteiger partial charge is 0.385 e. The van der Waals surface area contributed by atoms with Gasteiger partial charge in [-0.15, -0.1) is 0 Å². The van der Waals surface area contributed by atoms with Crippen LogP contribution in [0.2, 0.25) is 0 Å². The van der Waals surface area contributed by atoms with Gasteiger partial charge in [0.15, 0.2) is 0 Å². The Morgan fingerprint density at radius 3 is 2.39 bits per heavy atom. The first-order valence-corrected chi connectivity index (χ1v) is 7.33. The fourth-order valence-electron chi connectivity index (χ4n) is 2.44. The lowest BCUT2D eigenvalue weighted by molar-refractivity contribution is -0.0115. The number of halogens is 1. The first-order chi connectivity index (χ1) is 8.39. The molecule has 0 aliphatic carbocycles. The molecule has 5 heteroatoms. The van der Waals surface area contributed by atoms with E-state index in [4.69, 9.17) is 0 Å². The smallest absolute Gasteiger partial charge is 0.114 e. The summed E-state index contributed by atoms with van der Waals surface area (Å²) in [4.78, 5) is 2.26. The number of hydrogen-bond acceptors (Lipinski definition) is 3. The highest BCUT2D eigenvalue weighted by atomic mass is 79.9. The molecule has 1 atom stereocenters. The maximum Gasteiger partial charge on any atom is 0.114 e. The van der Waals surface area contributed by atoms with E-state index in [2.05, 4.69) is 53.6 Å². The molecular formula is C13H24BrN3O. The molecule has 0 saturated heterocycles. The van der Waals surface area contributed by atoms with Gasteiger partial charge in [-0.1, -0.05) is 13.8 Å². The summed E-state index contributed by atoms with van der Waals surface area (Å²) in [6.07, 6.45) is 1.18. The average Bonchev–Trinajstić information content (AvgIpc) is 2.70. The van der Waals surface area contributed by atoms with E-state index < -0.39 is 6.10 Å². The van der Waals surface area contributed by atoms with E-state index in [0.717, 1.165) is 29.8 Å². The van der Waals surface area contributed by atoms with Crippen LogP contribution < -0.4 is 0 Å². The zero-order valence-electron chi connectivity index (χ0n) is 11.9. The third kappa shape index (κ3) is 2.78. The van der Waals surface area contributed by atoms with Gasteiger partial charge in [-0.3, -0.25) is 9.58 Å². The van der Waals surface area contributed by atoms with E-state index in [1.54, 1.807) is 6.20 Å². The van der Waals surface area contributed by atoms with Gasteiger partial charge in [-0.05, 0) is 49.8 Å². The van der Waals surface area contributed by atoms with Crippen LogP contribution >= 0.6 is 15.9 Å². The van der Waals surface area contributed by atoms with Crippen molar-refractivity contribution >= 4 is 15.9 Å². The normalized spacial score (nSPS) is 14.2. The second-order valence-corrected chi connectivity index (χ2v) is 5.78. The molecule has 1 aromatic rings. The number of aryl methyl sites for hydroxylation is 1. The quantitative estimate of drug-likeness (QED) is 0.877. The molecule has 0 aliphatic rings. The number of aromatic nitrogens is 2. The topological polar surface area (TPSA) is 41.3 Å². The highest BCUT2D eigenvalue weighted by Gasteiger charge is 2.36. The van der Waals surface area contributed by atoms with E-state index in [0.29, 0.717) is 0 Å². The zero-order valence-corrected chi connectivity index (χ0v) is 13.5. The molecule has 0 spiro atoms. The van der Waals surface area contributed by atoms with E-state index in [9.17, 15) is 5.11 Å². The lowest BCUT2D eigenvalue weighted by Crippen LogP contribution is -2.48. The van der Waals surface area contributed by atoms with Crippen molar-refractivity contribution in [2.24, 2.45) is 0 Å². The summed E-state index contributed by atoms with van der Waals surface area (Å²) >= 11 is 3.48. The monoisotopic (exact) mass is 317 g/mol. The Morgan fingerprint density at radius 1 is 1.39 bits per heavy atom. The number of rotatable bonds is 6. The number of nitrogens with zero attached hydrogens (tertiary/aromatic N) is 3. The summed E-state index contributed by atoms with van der Waals surface area (Å²) in [6.45, 7) is 13.0. The number of hydrogen-bond donors (Lipinski definition) is 1. The Bertz CT molecular complexity index is 386. The van der Waals surface area contributed by atoms with E-state index in [1.807, 2.05) is 11.6 Å². The van der Waals surface area contributed by atoms with Crippen LogP contribution in [0.25, 0.3) is 0 Å². The van der Waals surface area contributed by atoms with Crippen LogP contribution in [0.4, 0.5) is 0 Å². The fourth-order valence-corrected chi connectivity index (χ4v) is 2.96.